The quantitative estimate of drug-likeness (QED) is 0.668. The molecule has 21 heavy (non-hydrogen) atoms. The number of benzene rings is 1. The van der Waals surface area contributed by atoms with E-state index in [9.17, 15) is 14.7 Å². The Kier molecular flexibility index (Phi) is 6.23. The standard InChI is InChI=1S/C15H21NO4S/c1-10-4-5-12(8-11(10)2)21-7-6-13(17)16-9-15(3,20)14(18)19/h4-5,8,20H,6-7,9H2,1-3H3,(H,16,17)(H,18,19). The zero-order chi connectivity index (χ0) is 16.0. The summed E-state index contributed by atoms with van der Waals surface area (Å²) in [5, 5.41) is 20.6. The third-order valence-electron chi connectivity index (χ3n) is 3.17. The highest BCUT2D eigenvalue weighted by Crippen LogP contribution is 2.21. The Morgan fingerprint density at radius 3 is 2.52 bits per heavy atom. The van der Waals surface area contributed by atoms with E-state index in [2.05, 4.69) is 11.4 Å². The minimum absolute atomic E-state index is 0.271. The van der Waals surface area contributed by atoms with Gasteiger partial charge in [-0.05, 0) is 44.0 Å². The molecule has 1 atom stereocenters. The second kappa shape index (κ2) is 7.47. The average Bonchev–Trinajstić information content (AvgIpc) is 2.40. The molecule has 1 amide bonds. The van der Waals surface area contributed by atoms with E-state index < -0.39 is 11.6 Å². The van der Waals surface area contributed by atoms with Gasteiger partial charge in [-0.1, -0.05) is 6.07 Å². The van der Waals surface area contributed by atoms with Crippen LogP contribution in [0, 0.1) is 13.8 Å². The highest BCUT2D eigenvalue weighted by Gasteiger charge is 2.30. The van der Waals surface area contributed by atoms with Crippen LogP contribution in [-0.4, -0.2) is 40.0 Å². The first-order chi connectivity index (χ1) is 9.72. The number of rotatable bonds is 7. The molecule has 3 N–H and O–H groups in total. The fourth-order valence-corrected chi connectivity index (χ4v) is 2.45. The van der Waals surface area contributed by atoms with Crippen molar-refractivity contribution in [3.63, 3.8) is 0 Å². The maximum atomic E-state index is 11.6. The molecule has 0 aliphatic rings. The van der Waals surface area contributed by atoms with Crippen LogP contribution in [0.2, 0.25) is 0 Å². The zero-order valence-corrected chi connectivity index (χ0v) is 13.3. The van der Waals surface area contributed by atoms with Gasteiger partial charge in [-0.15, -0.1) is 11.8 Å². The number of carbonyl (C=O) groups is 2. The Morgan fingerprint density at radius 1 is 1.29 bits per heavy atom. The normalized spacial score (nSPS) is 13.5. The van der Waals surface area contributed by atoms with Crippen LogP contribution in [0.1, 0.15) is 24.5 Å². The summed E-state index contributed by atoms with van der Waals surface area (Å²) in [5.41, 5.74) is 0.506. The van der Waals surface area contributed by atoms with E-state index >= 15 is 0 Å². The second-order valence-corrected chi connectivity index (χ2v) is 6.37. The lowest BCUT2D eigenvalue weighted by Gasteiger charge is -2.18. The molecule has 116 valence electrons. The van der Waals surface area contributed by atoms with Crippen molar-refractivity contribution in [2.45, 2.75) is 37.7 Å². The molecule has 0 aliphatic carbocycles. The molecule has 1 unspecified atom stereocenters. The molecule has 1 aromatic carbocycles. The van der Waals surface area contributed by atoms with E-state index in [4.69, 9.17) is 5.11 Å². The van der Waals surface area contributed by atoms with Gasteiger partial charge < -0.3 is 15.5 Å². The highest BCUT2D eigenvalue weighted by atomic mass is 32.2. The largest absolute Gasteiger partial charge is 0.479 e. The van der Waals surface area contributed by atoms with Crippen LogP contribution in [0.4, 0.5) is 0 Å². The van der Waals surface area contributed by atoms with E-state index in [-0.39, 0.29) is 18.9 Å². The molecule has 0 saturated heterocycles. The molecule has 6 heteroatoms. The Labute approximate surface area is 128 Å². The summed E-state index contributed by atoms with van der Waals surface area (Å²) in [6.07, 6.45) is 0.271. The van der Waals surface area contributed by atoms with Crippen molar-refractivity contribution in [1.29, 1.82) is 0 Å². The number of aryl methyl sites for hydroxylation is 2. The van der Waals surface area contributed by atoms with Gasteiger partial charge in [0, 0.05) is 17.1 Å². The van der Waals surface area contributed by atoms with Crippen molar-refractivity contribution in [2.75, 3.05) is 12.3 Å². The Bertz CT molecular complexity index is 528. The summed E-state index contributed by atoms with van der Waals surface area (Å²) < 4.78 is 0. The number of carboxylic acid groups (broad SMARTS) is 1. The summed E-state index contributed by atoms with van der Waals surface area (Å²) in [6, 6.07) is 6.13. The lowest BCUT2D eigenvalue weighted by molar-refractivity contribution is -0.156. The molecule has 0 aromatic heterocycles. The van der Waals surface area contributed by atoms with Crippen molar-refractivity contribution in [3.05, 3.63) is 29.3 Å². The van der Waals surface area contributed by atoms with E-state index in [0.29, 0.717) is 5.75 Å². The van der Waals surface area contributed by atoms with Crippen molar-refractivity contribution in [2.24, 2.45) is 0 Å². The first kappa shape index (κ1) is 17.5. The number of thioether (sulfide) groups is 1. The Morgan fingerprint density at radius 2 is 1.95 bits per heavy atom. The predicted molar refractivity (Wildman–Crippen MR) is 82.5 cm³/mol. The number of amides is 1. The minimum Gasteiger partial charge on any atom is -0.479 e. The lowest BCUT2D eigenvalue weighted by Crippen LogP contribution is -2.46. The molecule has 0 spiro atoms. The molecular weight excluding hydrogens is 290 g/mol. The number of carboxylic acids is 1. The van der Waals surface area contributed by atoms with Crippen LogP contribution in [0.3, 0.4) is 0 Å². The first-order valence-electron chi connectivity index (χ1n) is 6.65. The summed E-state index contributed by atoms with van der Waals surface area (Å²) in [7, 11) is 0. The van der Waals surface area contributed by atoms with Gasteiger partial charge in [0.15, 0.2) is 5.60 Å². The summed E-state index contributed by atoms with van der Waals surface area (Å²) in [6.45, 7) is 4.95. The first-order valence-corrected chi connectivity index (χ1v) is 7.63. The third-order valence-corrected chi connectivity index (χ3v) is 4.16. The van der Waals surface area contributed by atoms with Crippen LogP contribution >= 0.6 is 11.8 Å². The van der Waals surface area contributed by atoms with Gasteiger partial charge in [-0.3, -0.25) is 4.79 Å². The fourth-order valence-electron chi connectivity index (χ4n) is 1.50. The molecule has 0 fully saturated rings. The van der Waals surface area contributed by atoms with Gasteiger partial charge in [0.1, 0.15) is 0 Å². The van der Waals surface area contributed by atoms with Crippen molar-refractivity contribution in [3.8, 4) is 0 Å². The lowest BCUT2D eigenvalue weighted by atomic mass is 10.1. The molecule has 1 aromatic rings. The van der Waals surface area contributed by atoms with Gasteiger partial charge >= 0.3 is 5.97 Å². The van der Waals surface area contributed by atoms with Gasteiger partial charge in [-0.25, -0.2) is 4.79 Å². The maximum Gasteiger partial charge on any atom is 0.337 e. The molecule has 5 nitrogen and oxygen atoms in total. The molecule has 0 saturated carbocycles. The monoisotopic (exact) mass is 311 g/mol. The third kappa shape index (κ3) is 5.77. The molecule has 0 radical (unpaired) electrons. The van der Waals surface area contributed by atoms with Crippen LogP contribution in [0.5, 0.6) is 0 Å². The maximum absolute atomic E-state index is 11.6. The second-order valence-electron chi connectivity index (χ2n) is 5.20. The number of nitrogens with one attached hydrogen (secondary N) is 1. The minimum atomic E-state index is -1.93. The zero-order valence-electron chi connectivity index (χ0n) is 12.5. The van der Waals surface area contributed by atoms with E-state index in [0.717, 1.165) is 11.8 Å². The van der Waals surface area contributed by atoms with Crippen molar-refractivity contribution < 1.29 is 19.8 Å². The molecule has 1 rings (SSSR count). The fraction of sp³-hybridized carbons (Fsp3) is 0.467. The van der Waals surface area contributed by atoms with Crippen LogP contribution < -0.4 is 5.32 Å². The molecule has 0 bridgehead atoms. The summed E-state index contributed by atoms with van der Waals surface area (Å²) in [4.78, 5) is 23.4. The number of aliphatic carboxylic acids is 1. The molecular formula is C15H21NO4S. The topological polar surface area (TPSA) is 86.6 Å². The number of hydrogen-bond donors (Lipinski definition) is 3. The van der Waals surface area contributed by atoms with Crippen LogP contribution in [0.25, 0.3) is 0 Å². The smallest absolute Gasteiger partial charge is 0.337 e. The highest BCUT2D eigenvalue weighted by molar-refractivity contribution is 7.99. The summed E-state index contributed by atoms with van der Waals surface area (Å²) >= 11 is 1.57. The van der Waals surface area contributed by atoms with Crippen molar-refractivity contribution in [1.82, 2.24) is 5.32 Å². The van der Waals surface area contributed by atoms with E-state index in [1.54, 1.807) is 11.8 Å². The van der Waals surface area contributed by atoms with E-state index in [1.165, 1.54) is 11.1 Å². The number of aliphatic hydroxyl groups is 1. The van der Waals surface area contributed by atoms with Crippen LogP contribution in [0.15, 0.2) is 23.1 Å². The Hall–Kier alpha value is -1.53. The number of hydrogen-bond acceptors (Lipinski definition) is 4. The SMILES string of the molecule is Cc1ccc(SCCC(=O)NCC(C)(O)C(=O)O)cc1C. The molecule has 0 aliphatic heterocycles. The van der Waals surface area contributed by atoms with Crippen LogP contribution in [-0.2, 0) is 9.59 Å². The van der Waals surface area contributed by atoms with Gasteiger partial charge in [0.25, 0.3) is 0 Å². The van der Waals surface area contributed by atoms with Gasteiger partial charge in [0.2, 0.25) is 5.91 Å². The summed E-state index contributed by atoms with van der Waals surface area (Å²) in [5.74, 6) is -1.02. The number of carbonyl (C=O) groups excluding carboxylic acids is 1. The van der Waals surface area contributed by atoms with Crippen molar-refractivity contribution >= 4 is 23.6 Å². The predicted octanol–water partition coefficient (Wildman–Crippen LogP) is 1.74. The Balaban J connectivity index is 2.34. The van der Waals surface area contributed by atoms with Gasteiger partial charge in [0.05, 0.1) is 6.54 Å². The molecule has 0 heterocycles. The van der Waals surface area contributed by atoms with E-state index in [1.807, 2.05) is 26.0 Å². The average molecular weight is 311 g/mol. The van der Waals surface area contributed by atoms with Gasteiger partial charge in [-0.2, -0.15) is 0 Å².